The van der Waals surface area contributed by atoms with Gasteiger partial charge < -0.3 is 4.57 Å². The van der Waals surface area contributed by atoms with Crippen LogP contribution < -0.4 is 0 Å². The molecule has 0 aliphatic rings. The third-order valence-electron chi connectivity index (χ3n) is 5.84. The number of nitrogens with zero attached hydrogens (tertiary/aromatic N) is 2. The number of benzene rings is 4. The first-order chi connectivity index (χ1) is 15.8. The zero-order valence-electron chi connectivity index (χ0n) is 17.5. The Morgan fingerprint density at radius 1 is 0.594 bits per heavy atom. The van der Waals surface area contributed by atoms with Crippen molar-refractivity contribution < 1.29 is 4.79 Å². The summed E-state index contributed by atoms with van der Waals surface area (Å²) in [5.74, 6) is 0.375. The maximum atomic E-state index is 12.3. The lowest BCUT2D eigenvalue weighted by Crippen LogP contribution is -2.38. The highest BCUT2D eigenvalue weighted by Crippen LogP contribution is 2.42. The summed E-state index contributed by atoms with van der Waals surface area (Å²) in [7, 11) is 0. The lowest BCUT2D eigenvalue weighted by Gasteiger charge is -2.38. The minimum atomic E-state index is -0.764. The molecule has 0 N–H and O–H groups in total. The summed E-state index contributed by atoms with van der Waals surface area (Å²) in [5.41, 5.74) is 4.13. The molecule has 154 valence electrons. The van der Waals surface area contributed by atoms with Crippen molar-refractivity contribution in [2.45, 2.75) is 5.54 Å². The second-order valence-corrected chi connectivity index (χ2v) is 7.65. The van der Waals surface area contributed by atoms with Crippen molar-refractivity contribution in [3.05, 3.63) is 150 Å². The van der Waals surface area contributed by atoms with Crippen LogP contribution in [0.3, 0.4) is 0 Å². The fourth-order valence-electron chi connectivity index (χ4n) is 4.45. The van der Waals surface area contributed by atoms with Crippen LogP contribution in [0.15, 0.2) is 128 Å². The van der Waals surface area contributed by atoms with Gasteiger partial charge in [-0.3, -0.25) is 4.79 Å². The molecular formula is C29H22N2O. The molecule has 0 saturated carbocycles. The van der Waals surface area contributed by atoms with E-state index in [1.54, 1.807) is 0 Å². The minimum absolute atomic E-state index is 0.375. The van der Waals surface area contributed by atoms with Gasteiger partial charge in [-0.2, -0.15) is 0 Å². The Bertz CT molecular complexity index is 1210. The maximum absolute atomic E-state index is 12.3. The van der Waals surface area contributed by atoms with Crippen LogP contribution in [-0.2, 0) is 5.54 Å². The number of carbonyl (C=O) groups excluding carboxylic acids is 1. The van der Waals surface area contributed by atoms with E-state index in [-0.39, 0.29) is 0 Å². The van der Waals surface area contributed by atoms with Gasteiger partial charge in [0.05, 0.1) is 5.69 Å². The third-order valence-corrected chi connectivity index (χ3v) is 5.84. The molecule has 0 spiro atoms. The summed E-state index contributed by atoms with van der Waals surface area (Å²) in [4.78, 5) is 17.1. The summed E-state index contributed by atoms with van der Waals surface area (Å²) in [6, 6.07) is 40.8. The predicted octanol–water partition coefficient (Wildman–Crippen LogP) is 6.20. The molecule has 0 aliphatic carbocycles. The van der Waals surface area contributed by atoms with Crippen molar-refractivity contribution in [2.24, 2.45) is 0 Å². The quantitative estimate of drug-likeness (QED) is 0.245. The summed E-state index contributed by atoms with van der Waals surface area (Å²) in [6.07, 6.45) is 2.84. The molecule has 1 aromatic heterocycles. The molecule has 0 fully saturated rings. The first-order valence-electron chi connectivity index (χ1n) is 10.6. The van der Waals surface area contributed by atoms with Gasteiger partial charge in [0.2, 0.25) is 0 Å². The SMILES string of the molecule is O=Cc1nc(-c2ccccc2)cn1C(c1ccccc1)(c1ccccc1)c1ccccc1. The Morgan fingerprint density at radius 2 is 1.00 bits per heavy atom. The van der Waals surface area contributed by atoms with E-state index in [0.29, 0.717) is 5.82 Å². The molecule has 0 radical (unpaired) electrons. The van der Waals surface area contributed by atoms with Gasteiger partial charge in [-0.15, -0.1) is 0 Å². The first-order valence-corrected chi connectivity index (χ1v) is 10.6. The van der Waals surface area contributed by atoms with Gasteiger partial charge >= 0.3 is 0 Å². The van der Waals surface area contributed by atoms with Crippen LogP contribution in [0.4, 0.5) is 0 Å². The Hall–Kier alpha value is -4.24. The van der Waals surface area contributed by atoms with E-state index in [1.807, 2.05) is 95.7 Å². The van der Waals surface area contributed by atoms with E-state index < -0.39 is 5.54 Å². The largest absolute Gasteiger partial charge is 0.310 e. The number of hydrogen-bond acceptors (Lipinski definition) is 2. The van der Waals surface area contributed by atoms with Gasteiger partial charge in [-0.05, 0) is 16.7 Å². The van der Waals surface area contributed by atoms with Crippen molar-refractivity contribution in [2.75, 3.05) is 0 Å². The number of carbonyl (C=O) groups is 1. The van der Waals surface area contributed by atoms with Crippen LogP contribution >= 0.6 is 0 Å². The van der Waals surface area contributed by atoms with Crippen LogP contribution in [0.1, 0.15) is 27.3 Å². The smallest absolute Gasteiger partial charge is 0.185 e. The van der Waals surface area contributed by atoms with Crippen molar-refractivity contribution in [3.63, 3.8) is 0 Å². The van der Waals surface area contributed by atoms with E-state index in [0.717, 1.165) is 34.2 Å². The summed E-state index contributed by atoms with van der Waals surface area (Å²) < 4.78 is 2.02. The molecule has 5 rings (SSSR count). The molecule has 1 heterocycles. The second-order valence-electron chi connectivity index (χ2n) is 7.65. The molecule has 32 heavy (non-hydrogen) atoms. The van der Waals surface area contributed by atoms with E-state index in [4.69, 9.17) is 4.98 Å². The lowest BCUT2D eigenvalue weighted by molar-refractivity contribution is 0.110. The van der Waals surface area contributed by atoms with E-state index in [9.17, 15) is 4.79 Å². The Kier molecular flexibility index (Phi) is 5.22. The highest BCUT2D eigenvalue weighted by Gasteiger charge is 2.40. The Morgan fingerprint density at radius 3 is 1.41 bits per heavy atom. The van der Waals surface area contributed by atoms with Gasteiger partial charge in [0.1, 0.15) is 5.54 Å². The highest BCUT2D eigenvalue weighted by molar-refractivity contribution is 5.74. The normalized spacial score (nSPS) is 11.2. The topological polar surface area (TPSA) is 34.9 Å². The van der Waals surface area contributed by atoms with Gasteiger partial charge in [-0.25, -0.2) is 4.98 Å². The minimum Gasteiger partial charge on any atom is -0.310 e. The van der Waals surface area contributed by atoms with Crippen LogP contribution in [0.25, 0.3) is 11.3 Å². The number of aromatic nitrogens is 2. The molecule has 0 saturated heterocycles. The van der Waals surface area contributed by atoms with Crippen LogP contribution in [0.5, 0.6) is 0 Å². The lowest BCUT2D eigenvalue weighted by atomic mass is 9.76. The zero-order chi connectivity index (χ0) is 21.8. The highest BCUT2D eigenvalue weighted by atomic mass is 16.1. The van der Waals surface area contributed by atoms with Gasteiger partial charge in [-0.1, -0.05) is 121 Å². The number of aldehydes is 1. The summed E-state index contributed by atoms with van der Waals surface area (Å²) >= 11 is 0. The number of rotatable bonds is 6. The third kappa shape index (κ3) is 3.25. The fraction of sp³-hybridized carbons (Fsp3) is 0.0345. The molecule has 3 heteroatoms. The molecular weight excluding hydrogens is 392 g/mol. The average Bonchev–Trinajstić information content (AvgIpc) is 3.32. The fourth-order valence-corrected chi connectivity index (χ4v) is 4.45. The first kappa shape index (κ1) is 19.7. The monoisotopic (exact) mass is 414 g/mol. The number of imidazole rings is 1. The molecule has 0 unspecified atom stereocenters. The zero-order valence-corrected chi connectivity index (χ0v) is 17.5. The van der Waals surface area contributed by atoms with Crippen LogP contribution in [0, 0.1) is 0 Å². The molecule has 0 atom stereocenters. The average molecular weight is 415 g/mol. The molecule has 0 amide bonds. The molecule has 4 aromatic carbocycles. The second kappa shape index (κ2) is 8.48. The standard InChI is InChI=1S/C29H22N2O/c32-22-28-30-27(23-13-5-1-6-14-23)21-31(28)29(24-15-7-2-8-16-24,25-17-9-3-10-18-25)26-19-11-4-12-20-26/h1-22H. The van der Waals surface area contributed by atoms with Crippen molar-refractivity contribution in [1.29, 1.82) is 0 Å². The van der Waals surface area contributed by atoms with Gasteiger partial charge in [0.15, 0.2) is 12.1 Å². The molecule has 3 nitrogen and oxygen atoms in total. The van der Waals surface area contributed by atoms with E-state index >= 15 is 0 Å². The maximum Gasteiger partial charge on any atom is 0.185 e. The predicted molar refractivity (Wildman–Crippen MR) is 128 cm³/mol. The van der Waals surface area contributed by atoms with Crippen molar-refractivity contribution in [3.8, 4) is 11.3 Å². The van der Waals surface area contributed by atoms with Gasteiger partial charge in [0.25, 0.3) is 0 Å². The van der Waals surface area contributed by atoms with E-state index in [2.05, 4.69) is 36.4 Å². The Balaban J connectivity index is 1.90. The molecule has 0 aliphatic heterocycles. The number of hydrogen-bond donors (Lipinski definition) is 0. The molecule has 5 aromatic rings. The van der Waals surface area contributed by atoms with Crippen molar-refractivity contribution >= 4 is 6.29 Å². The van der Waals surface area contributed by atoms with Crippen LogP contribution in [0.2, 0.25) is 0 Å². The van der Waals surface area contributed by atoms with Crippen molar-refractivity contribution in [1.82, 2.24) is 9.55 Å². The Labute approximate surface area is 187 Å². The van der Waals surface area contributed by atoms with Crippen LogP contribution in [-0.4, -0.2) is 15.8 Å². The summed E-state index contributed by atoms with van der Waals surface area (Å²) in [6.45, 7) is 0. The summed E-state index contributed by atoms with van der Waals surface area (Å²) in [5, 5.41) is 0. The molecule has 0 bridgehead atoms. The van der Waals surface area contributed by atoms with Gasteiger partial charge in [0, 0.05) is 11.8 Å². The van der Waals surface area contributed by atoms with E-state index in [1.165, 1.54) is 0 Å².